The van der Waals surface area contributed by atoms with Crippen LogP contribution in [0, 0.1) is 6.92 Å². The summed E-state index contributed by atoms with van der Waals surface area (Å²) >= 11 is 1.31. The molecule has 0 saturated carbocycles. The van der Waals surface area contributed by atoms with Crippen LogP contribution in [-0.2, 0) is 11.3 Å². The third-order valence-electron chi connectivity index (χ3n) is 4.02. The second-order valence-corrected chi connectivity index (χ2v) is 6.53. The lowest BCUT2D eigenvalue weighted by molar-refractivity contribution is -0.140. The highest BCUT2D eigenvalue weighted by Crippen LogP contribution is 2.27. The molecule has 9 nitrogen and oxygen atoms in total. The number of aliphatic carboxylic acids is 1. The topological polar surface area (TPSA) is 115 Å². The summed E-state index contributed by atoms with van der Waals surface area (Å²) in [6.45, 7) is 6.25. The second-order valence-electron chi connectivity index (χ2n) is 5.67. The van der Waals surface area contributed by atoms with Crippen LogP contribution in [0.5, 0.6) is 0 Å². The van der Waals surface area contributed by atoms with E-state index in [1.54, 1.807) is 6.20 Å². The molecule has 0 aromatic carbocycles. The largest absolute Gasteiger partial charge is 0.480 e. The van der Waals surface area contributed by atoms with Crippen molar-refractivity contribution in [3.8, 4) is 11.3 Å². The van der Waals surface area contributed by atoms with E-state index < -0.39 is 17.9 Å². The molecular weight excluding hydrogens is 356 g/mol. The van der Waals surface area contributed by atoms with Crippen LogP contribution in [0.1, 0.15) is 35.9 Å². The van der Waals surface area contributed by atoms with Gasteiger partial charge in [0.25, 0.3) is 5.91 Å². The quantitative estimate of drug-likeness (QED) is 0.685. The molecule has 1 unspecified atom stereocenters. The van der Waals surface area contributed by atoms with Crippen molar-refractivity contribution >= 4 is 28.3 Å². The van der Waals surface area contributed by atoms with Crippen molar-refractivity contribution in [3.05, 3.63) is 35.2 Å². The predicted molar refractivity (Wildman–Crippen MR) is 96.3 cm³/mol. The second kappa shape index (κ2) is 7.08. The highest BCUT2D eigenvalue weighted by Gasteiger charge is 2.18. The molecule has 3 aromatic rings. The Morgan fingerprint density at radius 1 is 1.35 bits per heavy atom. The van der Waals surface area contributed by atoms with Crippen molar-refractivity contribution in [2.75, 3.05) is 5.32 Å². The van der Waals surface area contributed by atoms with Crippen molar-refractivity contribution in [3.63, 3.8) is 0 Å². The number of thiazole rings is 1. The molecule has 3 aromatic heterocycles. The van der Waals surface area contributed by atoms with Crippen LogP contribution in [0.4, 0.5) is 5.13 Å². The van der Waals surface area contributed by atoms with Gasteiger partial charge in [0.15, 0.2) is 5.13 Å². The number of nitrogens with one attached hydrogen (secondary N) is 1. The number of aromatic nitrogens is 5. The monoisotopic (exact) mass is 374 g/mol. The minimum absolute atomic E-state index is 0.268. The fraction of sp³-hybridized carbons (Fsp3) is 0.312. The van der Waals surface area contributed by atoms with Crippen LogP contribution in [0.15, 0.2) is 24.0 Å². The van der Waals surface area contributed by atoms with E-state index in [1.165, 1.54) is 35.3 Å². The van der Waals surface area contributed by atoms with Gasteiger partial charge in [-0.15, -0.1) is 11.3 Å². The van der Waals surface area contributed by atoms with E-state index in [4.69, 9.17) is 5.11 Å². The highest BCUT2D eigenvalue weighted by atomic mass is 32.1. The van der Waals surface area contributed by atoms with Crippen molar-refractivity contribution in [1.29, 1.82) is 0 Å². The fourth-order valence-electron chi connectivity index (χ4n) is 2.42. The number of carbonyl (C=O) groups is 2. The summed E-state index contributed by atoms with van der Waals surface area (Å²) in [4.78, 5) is 27.7. The molecule has 3 heterocycles. The maximum Gasteiger partial charge on any atom is 0.328 e. The van der Waals surface area contributed by atoms with Crippen LogP contribution < -0.4 is 5.32 Å². The maximum absolute atomic E-state index is 12.3. The summed E-state index contributed by atoms with van der Waals surface area (Å²) in [6.07, 6.45) is 4.49. The van der Waals surface area contributed by atoms with Gasteiger partial charge in [-0.3, -0.25) is 19.5 Å². The molecule has 136 valence electrons. The molecule has 1 atom stereocenters. The van der Waals surface area contributed by atoms with Gasteiger partial charge in [0.1, 0.15) is 6.04 Å². The number of carboxylic acid groups (broad SMARTS) is 1. The number of amides is 1. The lowest BCUT2D eigenvalue weighted by atomic mass is 10.2. The number of hydrogen-bond acceptors (Lipinski definition) is 6. The van der Waals surface area contributed by atoms with Gasteiger partial charge in [-0.1, -0.05) is 0 Å². The van der Waals surface area contributed by atoms with E-state index >= 15 is 0 Å². The van der Waals surface area contributed by atoms with Crippen LogP contribution in [0.25, 0.3) is 11.3 Å². The van der Waals surface area contributed by atoms with E-state index in [-0.39, 0.29) is 5.56 Å². The van der Waals surface area contributed by atoms with E-state index in [0.29, 0.717) is 5.13 Å². The molecule has 0 fully saturated rings. The Labute approximate surface area is 153 Å². The first kappa shape index (κ1) is 17.8. The Bertz CT molecular complexity index is 957. The van der Waals surface area contributed by atoms with Gasteiger partial charge in [-0.2, -0.15) is 10.2 Å². The minimum Gasteiger partial charge on any atom is -0.480 e. The first-order valence-electron chi connectivity index (χ1n) is 7.97. The van der Waals surface area contributed by atoms with E-state index in [1.807, 2.05) is 23.9 Å². The lowest BCUT2D eigenvalue weighted by Crippen LogP contribution is -2.16. The van der Waals surface area contributed by atoms with Gasteiger partial charge in [0.05, 0.1) is 23.7 Å². The fourth-order valence-corrected chi connectivity index (χ4v) is 3.13. The summed E-state index contributed by atoms with van der Waals surface area (Å²) in [5.41, 5.74) is 2.95. The van der Waals surface area contributed by atoms with Gasteiger partial charge < -0.3 is 5.11 Å². The van der Waals surface area contributed by atoms with E-state index in [2.05, 4.69) is 20.5 Å². The maximum atomic E-state index is 12.3. The molecule has 10 heteroatoms. The summed E-state index contributed by atoms with van der Waals surface area (Å²) in [5, 5.41) is 22.2. The number of aryl methyl sites for hydroxylation is 1. The smallest absolute Gasteiger partial charge is 0.328 e. The number of rotatable bonds is 6. The zero-order valence-electron chi connectivity index (χ0n) is 14.5. The number of hydrogen-bond donors (Lipinski definition) is 2. The Balaban J connectivity index is 1.74. The number of anilines is 1. The normalized spacial score (nSPS) is 12.1. The number of carboxylic acids is 1. The van der Waals surface area contributed by atoms with Crippen LogP contribution in [-0.4, -0.2) is 41.5 Å². The summed E-state index contributed by atoms with van der Waals surface area (Å²) in [6, 6.07) is -0.846. The number of nitrogens with zero attached hydrogens (tertiary/aromatic N) is 5. The van der Waals surface area contributed by atoms with Gasteiger partial charge in [0.2, 0.25) is 0 Å². The third kappa shape index (κ3) is 3.36. The molecule has 0 spiro atoms. The van der Waals surface area contributed by atoms with Gasteiger partial charge in [-0.25, -0.2) is 9.78 Å². The average molecular weight is 374 g/mol. The zero-order chi connectivity index (χ0) is 18.8. The highest BCUT2D eigenvalue weighted by molar-refractivity contribution is 7.14. The molecule has 0 aliphatic carbocycles. The molecular formula is C16H18N6O3S. The van der Waals surface area contributed by atoms with Crippen molar-refractivity contribution in [2.24, 2.45) is 0 Å². The first-order valence-corrected chi connectivity index (χ1v) is 8.85. The third-order valence-corrected chi connectivity index (χ3v) is 4.78. The average Bonchev–Trinajstić information content (AvgIpc) is 3.33. The Kier molecular flexibility index (Phi) is 4.85. The van der Waals surface area contributed by atoms with Gasteiger partial charge >= 0.3 is 5.97 Å². The van der Waals surface area contributed by atoms with E-state index in [9.17, 15) is 9.59 Å². The molecule has 0 aliphatic heterocycles. The SMILES string of the molecule is CCn1ncc(-c2csc(NC(=O)c3cnn(C(C)C(=O)O)c3)n2)c1C. The predicted octanol–water partition coefficient (Wildman–Crippen LogP) is 2.43. The molecule has 26 heavy (non-hydrogen) atoms. The molecule has 3 rings (SSSR count). The molecule has 0 saturated heterocycles. The standard InChI is InChI=1S/C16H18N6O3S/c1-4-21-9(2)12(6-18-21)13-8-26-16(19-13)20-14(23)11-5-17-22(7-11)10(3)15(24)25/h5-8,10H,4H2,1-3H3,(H,24,25)(H,19,20,23). The van der Waals surface area contributed by atoms with Crippen LogP contribution in [0.2, 0.25) is 0 Å². The Hall–Kier alpha value is -3.01. The van der Waals surface area contributed by atoms with Crippen LogP contribution >= 0.6 is 11.3 Å². The Morgan fingerprint density at radius 3 is 2.77 bits per heavy atom. The molecule has 1 amide bonds. The number of carbonyl (C=O) groups excluding carboxylic acids is 1. The van der Waals surface area contributed by atoms with Crippen LogP contribution in [0.3, 0.4) is 0 Å². The summed E-state index contributed by atoms with van der Waals surface area (Å²) < 4.78 is 3.11. The molecule has 2 N–H and O–H groups in total. The lowest BCUT2D eigenvalue weighted by Gasteiger charge is -2.05. The molecule has 0 radical (unpaired) electrons. The van der Waals surface area contributed by atoms with E-state index in [0.717, 1.165) is 23.5 Å². The van der Waals surface area contributed by atoms with Crippen molar-refractivity contribution < 1.29 is 14.7 Å². The van der Waals surface area contributed by atoms with Crippen molar-refractivity contribution in [1.82, 2.24) is 24.5 Å². The van der Waals surface area contributed by atoms with Gasteiger partial charge in [0, 0.05) is 29.4 Å². The summed E-state index contributed by atoms with van der Waals surface area (Å²) in [5.74, 6) is -1.41. The zero-order valence-corrected chi connectivity index (χ0v) is 15.3. The Morgan fingerprint density at radius 2 is 2.12 bits per heavy atom. The minimum atomic E-state index is -1.02. The summed E-state index contributed by atoms with van der Waals surface area (Å²) in [7, 11) is 0. The first-order chi connectivity index (χ1) is 12.4. The van der Waals surface area contributed by atoms with Gasteiger partial charge in [-0.05, 0) is 20.8 Å². The molecule has 0 bridgehead atoms. The molecule has 0 aliphatic rings. The van der Waals surface area contributed by atoms with Crippen molar-refractivity contribution in [2.45, 2.75) is 33.4 Å².